The zero-order chi connectivity index (χ0) is 27.6. The molecular formula is C26H26ClF3N2O5. The molecule has 0 fully saturated rings. The highest BCUT2D eigenvalue weighted by molar-refractivity contribution is 6.30. The Hall–Kier alpha value is -3.60. The Morgan fingerprint density at radius 1 is 0.946 bits per heavy atom. The summed E-state index contributed by atoms with van der Waals surface area (Å²) < 4.78 is 37.5. The molecule has 0 unspecified atom stereocenters. The minimum atomic E-state index is -5.08. The Morgan fingerprint density at radius 2 is 1.43 bits per heavy atom. The van der Waals surface area contributed by atoms with Crippen LogP contribution in [0.4, 0.5) is 18.9 Å². The topological polar surface area (TPSA) is 122 Å². The summed E-state index contributed by atoms with van der Waals surface area (Å²) in [7, 11) is 0. The number of aliphatic carboxylic acids is 1. The molecule has 1 amide bonds. The lowest BCUT2D eigenvalue weighted by atomic mass is 10.0. The van der Waals surface area contributed by atoms with Crippen LogP contribution in [-0.4, -0.2) is 47.0 Å². The number of ether oxygens (including phenoxy) is 1. The van der Waals surface area contributed by atoms with Gasteiger partial charge in [0.15, 0.2) is 0 Å². The standard InChI is InChI=1S/C24H25ClN2O3.C2HF3O2/c1-24(26,16-28)23(29)27-21-10-12-22(13-11-21)30-15-14-17-2-4-18(5-3-17)19-6-8-20(25)9-7-19;3-2(4,5)1(6)7/h2-13,28H,14-16,26H2,1H3,(H,27,29);(H,6,7)/t24-;/m0./s1. The number of hydrogen-bond acceptors (Lipinski definition) is 5. The normalized spacial score (nSPS) is 12.5. The fourth-order valence-corrected chi connectivity index (χ4v) is 2.90. The van der Waals surface area contributed by atoms with Gasteiger partial charge in [0, 0.05) is 17.1 Å². The maximum atomic E-state index is 12.0. The first-order valence-corrected chi connectivity index (χ1v) is 11.3. The van der Waals surface area contributed by atoms with E-state index in [1.165, 1.54) is 12.5 Å². The van der Waals surface area contributed by atoms with Crippen LogP contribution in [0.15, 0.2) is 72.8 Å². The van der Waals surface area contributed by atoms with Crippen LogP contribution in [0.3, 0.4) is 0 Å². The van der Waals surface area contributed by atoms with Crippen molar-refractivity contribution in [3.63, 3.8) is 0 Å². The Labute approximate surface area is 216 Å². The van der Waals surface area contributed by atoms with E-state index >= 15 is 0 Å². The van der Waals surface area contributed by atoms with E-state index in [9.17, 15) is 18.0 Å². The molecule has 0 aliphatic rings. The van der Waals surface area contributed by atoms with Crippen LogP contribution in [-0.2, 0) is 16.0 Å². The summed E-state index contributed by atoms with van der Waals surface area (Å²) in [6, 6.07) is 23.2. The summed E-state index contributed by atoms with van der Waals surface area (Å²) in [5, 5.41) is 19.7. The second-order valence-corrected chi connectivity index (χ2v) is 8.60. The molecule has 3 aromatic carbocycles. The highest BCUT2D eigenvalue weighted by Crippen LogP contribution is 2.22. The third kappa shape index (κ3) is 9.76. The molecule has 0 spiro atoms. The predicted octanol–water partition coefficient (Wildman–Crippen LogP) is 4.91. The SMILES string of the molecule is C[C@](N)(CO)C(=O)Nc1ccc(OCCc2ccc(-c3ccc(Cl)cc3)cc2)cc1.O=C(O)C(F)(F)F. The third-order valence-electron chi connectivity index (χ3n) is 4.99. The van der Waals surface area contributed by atoms with Gasteiger partial charge in [0.2, 0.25) is 5.91 Å². The lowest BCUT2D eigenvalue weighted by molar-refractivity contribution is -0.192. The van der Waals surface area contributed by atoms with Gasteiger partial charge in [-0.25, -0.2) is 4.79 Å². The fourth-order valence-electron chi connectivity index (χ4n) is 2.77. The van der Waals surface area contributed by atoms with Crippen molar-refractivity contribution in [3.8, 4) is 16.9 Å². The van der Waals surface area contributed by atoms with Gasteiger partial charge in [-0.2, -0.15) is 13.2 Å². The molecule has 5 N–H and O–H groups in total. The number of carbonyl (C=O) groups is 2. The van der Waals surface area contributed by atoms with Crippen molar-refractivity contribution in [2.45, 2.75) is 25.1 Å². The van der Waals surface area contributed by atoms with Crippen LogP contribution < -0.4 is 15.8 Å². The number of nitrogens with two attached hydrogens (primary N) is 1. The number of carboxylic acid groups (broad SMARTS) is 1. The van der Waals surface area contributed by atoms with E-state index in [1.807, 2.05) is 24.3 Å². The predicted molar refractivity (Wildman–Crippen MR) is 135 cm³/mol. The average molecular weight is 539 g/mol. The quantitative estimate of drug-likeness (QED) is 0.323. The highest BCUT2D eigenvalue weighted by Gasteiger charge is 2.38. The summed E-state index contributed by atoms with van der Waals surface area (Å²) in [5.74, 6) is -2.49. The number of benzene rings is 3. The summed E-state index contributed by atoms with van der Waals surface area (Å²) >= 11 is 5.94. The van der Waals surface area contributed by atoms with E-state index in [4.69, 9.17) is 37.1 Å². The van der Waals surface area contributed by atoms with Crippen molar-refractivity contribution in [3.05, 3.63) is 83.4 Å². The first-order chi connectivity index (χ1) is 17.3. The smallest absolute Gasteiger partial charge is 0.490 e. The molecule has 0 aliphatic carbocycles. The molecule has 1 atom stereocenters. The van der Waals surface area contributed by atoms with Gasteiger partial charge in [-0.15, -0.1) is 0 Å². The van der Waals surface area contributed by atoms with Crippen molar-refractivity contribution in [1.82, 2.24) is 0 Å². The number of carbonyl (C=O) groups excluding carboxylic acids is 1. The van der Waals surface area contributed by atoms with E-state index in [0.29, 0.717) is 18.0 Å². The van der Waals surface area contributed by atoms with Crippen molar-refractivity contribution in [2.75, 3.05) is 18.5 Å². The monoisotopic (exact) mass is 538 g/mol. The largest absolute Gasteiger partial charge is 0.493 e. The molecule has 0 aromatic heterocycles. The van der Waals surface area contributed by atoms with Crippen molar-refractivity contribution >= 4 is 29.2 Å². The van der Waals surface area contributed by atoms with Gasteiger partial charge in [0.1, 0.15) is 11.3 Å². The molecule has 0 bridgehead atoms. The van der Waals surface area contributed by atoms with Crippen LogP contribution >= 0.6 is 11.6 Å². The lowest BCUT2D eigenvalue weighted by Crippen LogP contribution is -2.51. The molecule has 3 aromatic rings. The van der Waals surface area contributed by atoms with Gasteiger partial charge in [-0.05, 0) is 60.0 Å². The maximum Gasteiger partial charge on any atom is 0.490 e. The van der Waals surface area contributed by atoms with Gasteiger partial charge in [0.25, 0.3) is 0 Å². The maximum absolute atomic E-state index is 12.0. The molecule has 3 rings (SSSR count). The highest BCUT2D eigenvalue weighted by atomic mass is 35.5. The first-order valence-electron chi connectivity index (χ1n) is 10.9. The second kappa shape index (κ2) is 13.1. The summed E-state index contributed by atoms with van der Waals surface area (Å²) in [5.41, 5.74) is 8.44. The van der Waals surface area contributed by atoms with E-state index in [2.05, 4.69) is 29.6 Å². The molecule has 0 saturated carbocycles. The Kier molecular flexibility index (Phi) is 10.5. The van der Waals surface area contributed by atoms with Gasteiger partial charge in [0.05, 0.1) is 13.2 Å². The van der Waals surface area contributed by atoms with Crippen LogP contribution in [0.5, 0.6) is 5.75 Å². The molecule has 0 aliphatic heterocycles. The molecule has 7 nitrogen and oxygen atoms in total. The number of nitrogens with one attached hydrogen (secondary N) is 1. The first kappa shape index (κ1) is 29.6. The number of halogens is 4. The van der Waals surface area contributed by atoms with Crippen LogP contribution in [0.2, 0.25) is 5.02 Å². The number of alkyl halides is 3. The van der Waals surface area contributed by atoms with Crippen molar-refractivity contribution in [2.24, 2.45) is 5.73 Å². The molecule has 0 heterocycles. The average Bonchev–Trinajstić information content (AvgIpc) is 2.86. The van der Waals surface area contributed by atoms with Gasteiger partial charge < -0.3 is 26.0 Å². The number of hydrogen-bond donors (Lipinski definition) is 4. The van der Waals surface area contributed by atoms with E-state index in [-0.39, 0.29) is 0 Å². The van der Waals surface area contributed by atoms with Crippen LogP contribution in [0.1, 0.15) is 12.5 Å². The van der Waals surface area contributed by atoms with Crippen molar-refractivity contribution in [1.29, 1.82) is 0 Å². The number of rotatable bonds is 8. The molecule has 198 valence electrons. The van der Waals surface area contributed by atoms with Gasteiger partial charge in [-0.3, -0.25) is 4.79 Å². The molecule has 11 heteroatoms. The lowest BCUT2D eigenvalue weighted by Gasteiger charge is -2.20. The van der Waals surface area contributed by atoms with E-state index in [1.54, 1.807) is 24.3 Å². The van der Waals surface area contributed by atoms with Gasteiger partial charge in [-0.1, -0.05) is 48.0 Å². The van der Waals surface area contributed by atoms with Crippen LogP contribution in [0.25, 0.3) is 11.1 Å². The minimum Gasteiger partial charge on any atom is -0.493 e. The fraction of sp³-hybridized carbons (Fsp3) is 0.231. The Bertz CT molecular complexity index is 1170. The zero-order valence-corrected chi connectivity index (χ0v) is 20.5. The molecule has 0 saturated heterocycles. The number of aliphatic hydroxyl groups excluding tert-OH is 1. The summed E-state index contributed by atoms with van der Waals surface area (Å²) in [6.07, 6.45) is -4.30. The van der Waals surface area contributed by atoms with Crippen LogP contribution in [0, 0.1) is 0 Å². The minimum absolute atomic E-state index is 0.430. The number of carboxylic acids is 1. The second-order valence-electron chi connectivity index (χ2n) is 8.16. The molecular weight excluding hydrogens is 513 g/mol. The third-order valence-corrected chi connectivity index (χ3v) is 5.24. The summed E-state index contributed by atoms with van der Waals surface area (Å²) in [4.78, 5) is 20.9. The number of anilines is 1. The van der Waals surface area contributed by atoms with Gasteiger partial charge >= 0.3 is 12.1 Å². The summed E-state index contributed by atoms with van der Waals surface area (Å²) in [6.45, 7) is 1.58. The Morgan fingerprint density at radius 3 is 1.89 bits per heavy atom. The zero-order valence-electron chi connectivity index (χ0n) is 19.8. The molecule has 0 radical (unpaired) electrons. The van der Waals surface area contributed by atoms with E-state index in [0.717, 1.165) is 22.6 Å². The molecule has 37 heavy (non-hydrogen) atoms. The van der Waals surface area contributed by atoms with Crippen molar-refractivity contribution < 1.29 is 37.7 Å². The number of aliphatic hydroxyl groups is 1. The Balaban J connectivity index is 0.000000604. The van der Waals surface area contributed by atoms with E-state index < -0.39 is 30.2 Å². The number of amides is 1.